The highest BCUT2D eigenvalue weighted by molar-refractivity contribution is 9.10. The third-order valence-corrected chi connectivity index (χ3v) is 1.61. The molecule has 0 bridgehead atoms. The van der Waals surface area contributed by atoms with E-state index in [1.807, 2.05) is 6.92 Å². The number of aryl methyl sites for hydroxylation is 1. The lowest BCUT2D eigenvalue weighted by molar-refractivity contribution is -0.617. The van der Waals surface area contributed by atoms with Crippen molar-refractivity contribution >= 4 is 28.3 Å². The molecule has 4 heteroatoms. The van der Waals surface area contributed by atoms with E-state index in [9.17, 15) is 5.21 Å². The second-order valence-electron chi connectivity index (χ2n) is 1.85. The molecule has 0 spiro atoms. The molecule has 0 aliphatic carbocycles. The number of nitrogens with zero attached hydrogens (tertiary/aromatic N) is 1. The molecule has 0 unspecified atom stereocenters. The lowest BCUT2D eigenvalue weighted by Gasteiger charge is -1.96. The Hall–Kier alpha value is -0.280. The molecule has 0 aromatic carbocycles. The minimum atomic E-state index is 0. The van der Waals surface area contributed by atoms with Gasteiger partial charge >= 0.3 is 0 Å². The number of halogens is 2. The zero-order valence-electron chi connectivity index (χ0n) is 5.37. The van der Waals surface area contributed by atoms with Crippen LogP contribution in [0.15, 0.2) is 22.9 Å². The fourth-order valence-electron chi connectivity index (χ4n) is 0.556. The molecule has 0 fully saturated rings. The van der Waals surface area contributed by atoms with E-state index in [2.05, 4.69) is 15.9 Å². The molecule has 0 saturated carbocycles. The number of hydrogen-bond acceptors (Lipinski definition) is 1. The molecule has 0 aliphatic heterocycles. The van der Waals surface area contributed by atoms with Crippen LogP contribution >= 0.6 is 28.3 Å². The lowest BCUT2D eigenvalue weighted by atomic mass is 10.3. The third kappa shape index (κ3) is 2.15. The van der Waals surface area contributed by atoms with Crippen LogP contribution in [0.4, 0.5) is 0 Å². The second-order valence-corrected chi connectivity index (χ2v) is 2.67. The van der Waals surface area contributed by atoms with Crippen LogP contribution in [0.2, 0.25) is 0 Å². The van der Waals surface area contributed by atoms with Crippen LogP contribution in [0.25, 0.3) is 0 Å². The minimum absolute atomic E-state index is 0. The zero-order chi connectivity index (χ0) is 6.85. The zero-order valence-corrected chi connectivity index (χ0v) is 7.78. The van der Waals surface area contributed by atoms with E-state index in [-0.39, 0.29) is 12.4 Å². The Balaban J connectivity index is 0.000000810. The maximum Gasteiger partial charge on any atom is 0.259 e. The standard InChI is InChI=1S/C6H6BrNO.ClH/c1-5-2-3-8(9)6(7)4-5;/h2-4H,1H3;1H. The third-order valence-electron chi connectivity index (χ3n) is 1.03. The van der Waals surface area contributed by atoms with E-state index < -0.39 is 0 Å². The normalized spacial score (nSPS) is 8.60. The van der Waals surface area contributed by atoms with Gasteiger partial charge in [-0.2, -0.15) is 4.73 Å². The Morgan fingerprint density at radius 3 is 2.60 bits per heavy atom. The molecule has 56 valence electrons. The van der Waals surface area contributed by atoms with Crippen molar-refractivity contribution in [3.63, 3.8) is 0 Å². The van der Waals surface area contributed by atoms with Gasteiger partial charge in [-0.05, 0) is 12.5 Å². The van der Waals surface area contributed by atoms with Crippen molar-refractivity contribution in [3.05, 3.63) is 33.7 Å². The monoisotopic (exact) mass is 223 g/mol. The van der Waals surface area contributed by atoms with Crippen molar-refractivity contribution in [1.29, 1.82) is 0 Å². The summed E-state index contributed by atoms with van der Waals surface area (Å²) >= 11 is 3.10. The van der Waals surface area contributed by atoms with Gasteiger partial charge in [-0.1, -0.05) is 0 Å². The van der Waals surface area contributed by atoms with E-state index in [4.69, 9.17) is 0 Å². The van der Waals surface area contributed by atoms with Crippen LogP contribution in [0, 0.1) is 12.1 Å². The minimum Gasteiger partial charge on any atom is -0.618 e. The number of pyridine rings is 1. The highest BCUT2D eigenvalue weighted by Crippen LogP contribution is 2.03. The fourth-order valence-corrected chi connectivity index (χ4v) is 1.04. The summed E-state index contributed by atoms with van der Waals surface area (Å²) in [5.74, 6) is 0. The van der Waals surface area contributed by atoms with Gasteiger partial charge in [0.25, 0.3) is 4.60 Å². The molecule has 1 aromatic heterocycles. The predicted octanol–water partition coefficient (Wildman–Crippen LogP) is 1.81. The molecule has 0 aliphatic rings. The summed E-state index contributed by atoms with van der Waals surface area (Å²) in [6.07, 6.45) is 1.47. The maximum atomic E-state index is 10.6. The maximum absolute atomic E-state index is 10.6. The summed E-state index contributed by atoms with van der Waals surface area (Å²) in [5, 5.41) is 10.6. The average Bonchev–Trinajstić information content (AvgIpc) is 1.80. The van der Waals surface area contributed by atoms with E-state index in [0.717, 1.165) is 10.3 Å². The average molecular weight is 224 g/mol. The summed E-state index contributed by atoms with van der Waals surface area (Å²) in [7, 11) is 0. The number of aromatic nitrogens is 1. The number of hydrogen-bond donors (Lipinski definition) is 0. The largest absolute Gasteiger partial charge is 0.618 e. The molecular formula is C6H7BrClNO. The first-order valence-corrected chi connectivity index (χ1v) is 3.35. The molecule has 0 N–H and O–H groups in total. The summed E-state index contributed by atoms with van der Waals surface area (Å²) in [6.45, 7) is 1.94. The van der Waals surface area contributed by atoms with Crippen LogP contribution < -0.4 is 4.73 Å². The fraction of sp³-hybridized carbons (Fsp3) is 0.167. The van der Waals surface area contributed by atoms with Crippen LogP contribution in [0.3, 0.4) is 0 Å². The van der Waals surface area contributed by atoms with Crippen molar-refractivity contribution in [2.45, 2.75) is 6.92 Å². The van der Waals surface area contributed by atoms with Gasteiger partial charge in [0, 0.05) is 28.1 Å². The smallest absolute Gasteiger partial charge is 0.259 e. The van der Waals surface area contributed by atoms with Crippen LogP contribution in [-0.2, 0) is 0 Å². The SMILES string of the molecule is Cc1cc[n+]([O-])c(Br)c1.Cl. The van der Waals surface area contributed by atoms with Gasteiger partial charge in [-0.3, -0.25) is 0 Å². The first-order chi connectivity index (χ1) is 4.20. The highest BCUT2D eigenvalue weighted by Gasteiger charge is 1.96. The Bertz CT molecular complexity index is 229. The summed E-state index contributed by atoms with van der Waals surface area (Å²) in [4.78, 5) is 0. The lowest BCUT2D eigenvalue weighted by Crippen LogP contribution is -2.26. The van der Waals surface area contributed by atoms with E-state index >= 15 is 0 Å². The number of rotatable bonds is 0. The summed E-state index contributed by atoms with van der Waals surface area (Å²) < 4.78 is 1.33. The first-order valence-electron chi connectivity index (χ1n) is 2.55. The molecule has 2 nitrogen and oxygen atoms in total. The molecular weight excluding hydrogens is 217 g/mol. The van der Waals surface area contributed by atoms with Crippen molar-refractivity contribution in [3.8, 4) is 0 Å². The summed E-state index contributed by atoms with van der Waals surface area (Å²) in [6, 6.07) is 3.53. The molecule has 1 heterocycles. The quantitative estimate of drug-likeness (QED) is 0.375. The summed E-state index contributed by atoms with van der Waals surface area (Å²) in [5.41, 5.74) is 1.08. The van der Waals surface area contributed by atoms with Crippen LogP contribution in [-0.4, -0.2) is 0 Å². The Labute approximate surface area is 74.0 Å². The van der Waals surface area contributed by atoms with Crippen molar-refractivity contribution in [1.82, 2.24) is 0 Å². The van der Waals surface area contributed by atoms with Crippen LogP contribution in [0.5, 0.6) is 0 Å². The van der Waals surface area contributed by atoms with Crippen LogP contribution in [0.1, 0.15) is 5.56 Å². The Kier molecular flexibility index (Phi) is 3.68. The van der Waals surface area contributed by atoms with Gasteiger partial charge in [0.15, 0.2) is 6.20 Å². The van der Waals surface area contributed by atoms with E-state index in [1.54, 1.807) is 12.1 Å². The molecule has 0 saturated heterocycles. The van der Waals surface area contributed by atoms with Gasteiger partial charge < -0.3 is 5.21 Å². The molecule has 1 rings (SSSR count). The van der Waals surface area contributed by atoms with Crippen molar-refractivity contribution in [2.75, 3.05) is 0 Å². The molecule has 0 radical (unpaired) electrons. The van der Waals surface area contributed by atoms with Gasteiger partial charge in [0.2, 0.25) is 0 Å². The second kappa shape index (κ2) is 3.78. The topological polar surface area (TPSA) is 26.9 Å². The van der Waals surface area contributed by atoms with Crippen molar-refractivity contribution in [2.24, 2.45) is 0 Å². The first kappa shape index (κ1) is 9.72. The van der Waals surface area contributed by atoms with E-state index in [0.29, 0.717) is 4.60 Å². The molecule has 10 heavy (non-hydrogen) atoms. The van der Waals surface area contributed by atoms with Crippen molar-refractivity contribution < 1.29 is 4.73 Å². The Morgan fingerprint density at radius 1 is 1.60 bits per heavy atom. The van der Waals surface area contributed by atoms with Gasteiger partial charge in [-0.25, -0.2) is 0 Å². The molecule has 0 atom stereocenters. The van der Waals surface area contributed by atoms with Gasteiger partial charge in [-0.15, -0.1) is 12.4 Å². The van der Waals surface area contributed by atoms with Gasteiger partial charge in [0.05, 0.1) is 0 Å². The Morgan fingerprint density at radius 2 is 2.20 bits per heavy atom. The predicted molar refractivity (Wildman–Crippen MR) is 45.1 cm³/mol. The highest BCUT2D eigenvalue weighted by atomic mass is 79.9. The molecule has 1 aromatic rings. The van der Waals surface area contributed by atoms with E-state index in [1.165, 1.54) is 6.20 Å². The molecule has 0 amide bonds. The van der Waals surface area contributed by atoms with Gasteiger partial charge in [0.1, 0.15) is 0 Å².